The normalized spacial score (nSPS) is 11.8. The van der Waals surface area contributed by atoms with E-state index in [0.717, 1.165) is 5.69 Å². The van der Waals surface area contributed by atoms with Crippen molar-refractivity contribution < 1.29 is 0 Å². The van der Waals surface area contributed by atoms with E-state index in [4.69, 9.17) is 5.10 Å². The van der Waals surface area contributed by atoms with E-state index in [9.17, 15) is 0 Å². The highest BCUT2D eigenvalue weighted by Gasteiger charge is 2.17. The molecule has 0 atom stereocenters. The van der Waals surface area contributed by atoms with Crippen molar-refractivity contribution in [2.24, 2.45) is 0 Å². The summed E-state index contributed by atoms with van der Waals surface area (Å²) in [6, 6.07) is 10.6. The van der Waals surface area contributed by atoms with Crippen molar-refractivity contribution in [3.63, 3.8) is 0 Å². The lowest BCUT2D eigenvalue weighted by Crippen LogP contribution is -2.24. The summed E-state index contributed by atoms with van der Waals surface area (Å²) in [4.78, 5) is 0. The van der Waals surface area contributed by atoms with Crippen molar-refractivity contribution in [1.82, 2.24) is 9.78 Å². The van der Waals surface area contributed by atoms with Gasteiger partial charge in [-0.25, -0.2) is 0 Å². The summed E-state index contributed by atoms with van der Waals surface area (Å²) >= 11 is 0. The Bertz CT molecular complexity index is 530. The second kappa shape index (κ2) is 4.02. The van der Waals surface area contributed by atoms with Gasteiger partial charge < -0.3 is 0 Å². The number of aromatic nitrogens is 2. The van der Waals surface area contributed by atoms with Gasteiger partial charge in [-0.15, -0.1) is 0 Å². The zero-order chi connectivity index (χ0) is 12.6. The largest absolute Gasteiger partial charge is 0.264 e. The summed E-state index contributed by atoms with van der Waals surface area (Å²) in [5.41, 5.74) is 4.75. The van der Waals surface area contributed by atoms with Gasteiger partial charge in [-0.3, -0.25) is 4.68 Å². The van der Waals surface area contributed by atoms with Crippen LogP contribution in [0.1, 0.15) is 32.0 Å². The van der Waals surface area contributed by atoms with Gasteiger partial charge in [0, 0.05) is 11.3 Å². The standard InChI is InChI=1S/C15H20N2/c1-11-7-6-8-13(9-11)14-10-12(2)17(16-14)15(3,4)5/h6-10H,1-5H3. The molecule has 0 bridgehead atoms. The summed E-state index contributed by atoms with van der Waals surface area (Å²) in [6.45, 7) is 10.7. The van der Waals surface area contributed by atoms with Crippen LogP contribution in [0.3, 0.4) is 0 Å². The van der Waals surface area contributed by atoms with E-state index in [2.05, 4.69) is 69.6 Å². The van der Waals surface area contributed by atoms with Crippen LogP contribution in [-0.2, 0) is 5.54 Å². The Morgan fingerprint density at radius 1 is 1.06 bits per heavy atom. The molecule has 90 valence electrons. The molecule has 0 radical (unpaired) electrons. The molecule has 2 aromatic rings. The maximum atomic E-state index is 4.71. The molecule has 0 saturated heterocycles. The van der Waals surface area contributed by atoms with Crippen molar-refractivity contribution in [1.29, 1.82) is 0 Å². The third-order valence-electron chi connectivity index (χ3n) is 2.84. The van der Waals surface area contributed by atoms with Crippen LogP contribution in [0.5, 0.6) is 0 Å². The Kier molecular flexibility index (Phi) is 2.82. The molecular formula is C15H20N2. The highest BCUT2D eigenvalue weighted by Crippen LogP contribution is 2.23. The number of hydrogen-bond acceptors (Lipinski definition) is 1. The molecule has 0 N–H and O–H groups in total. The Balaban J connectivity index is 2.49. The maximum Gasteiger partial charge on any atom is 0.0926 e. The first-order chi connectivity index (χ1) is 7.88. The molecule has 2 nitrogen and oxygen atoms in total. The topological polar surface area (TPSA) is 17.8 Å². The Hall–Kier alpha value is -1.57. The Morgan fingerprint density at radius 2 is 1.76 bits per heavy atom. The molecule has 0 aliphatic heterocycles. The summed E-state index contributed by atoms with van der Waals surface area (Å²) in [6.07, 6.45) is 0. The Morgan fingerprint density at radius 3 is 2.29 bits per heavy atom. The summed E-state index contributed by atoms with van der Waals surface area (Å²) in [7, 11) is 0. The second-order valence-electron chi connectivity index (χ2n) is 5.62. The van der Waals surface area contributed by atoms with Gasteiger partial charge in [-0.1, -0.05) is 23.8 Å². The average molecular weight is 228 g/mol. The highest BCUT2D eigenvalue weighted by atomic mass is 15.3. The predicted octanol–water partition coefficient (Wildman–Crippen LogP) is 3.92. The summed E-state index contributed by atoms with van der Waals surface area (Å²) in [5, 5.41) is 4.71. The molecule has 1 aromatic heterocycles. The minimum absolute atomic E-state index is 0.0339. The monoisotopic (exact) mass is 228 g/mol. The molecular weight excluding hydrogens is 208 g/mol. The fourth-order valence-corrected chi connectivity index (χ4v) is 2.10. The molecule has 0 saturated carbocycles. The van der Waals surface area contributed by atoms with Crippen LogP contribution in [0, 0.1) is 13.8 Å². The molecule has 0 unspecified atom stereocenters. The van der Waals surface area contributed by atoms with Gasteiger partial charge in [0.15, 0.2) is 0 Å². The van der Waals surface area contributed by atoms with Gasteiger partial charge in [-0.05, 0) is 46.8 Å². The lowest BCUT2D eigenvalue weighted by molar-refractivity contribution is 0.349. The summed E-state index contributed by atoms with van der Waals surface area (Å²) in [5.74, 6) is 0. The molecule has 2 heteroatoms. The van der Waals surface area contributed by atoms with Gasteiger partial charge in [0.1, 0.15) is 0 Å². The van der Waals surface area contributed by atoms with E-state index in [1.54, 1.807) is 0 Å². The van der Waals surface area contributed by atoms with Crippen molar-refractivity contribution in [3.8, 4) is 11.3 Å². The summed E-state index contributed by atoms with van der Waals surface area (Å²) < 4.78 is 2.09. The van der Waals surface area contributed by atoms with Crippen LogP contribution in [-0.4, -0.2) is 9.78 Å². The zero-order valence-electron chi connectivity index (χ0n) is 11.3. The zero-order valence-corrected chi connectivity index (χ0v) is 11.3. The quantitative estimate of drug-likeness (QED) is 0.723. The molecule has 2 rings (SSSR count). The van der Waals surface area contributed by atoms with E-state index in [1.165, 1.54) is 16.8 Å². The van der Waals surface area contributed by atoms with Crippen molar-refractivity contribution in [2.45, 2.75) is 40.2 Å². The molecule has 0 spiro atoms. The first kappa shape index (κ1) is 11.9. The SMILES string of the molecule is Cc1cccc(-c2cc(C)n(C(C)(C)C)n2)c1. The van der Waals surface area contributed by atoms with E-state index >= 15 is 0 Å². The average Bonchev–Trinajstić information content (AvgIpc) is 2.60. The van der Waals surface area contributed by atoms with Gasteiger partial charge in [-0.2, -0.15) is 5.10 Å². The van der Waals surface area contributed by atoms with Crippen LogP contribution >= 0.6 is 0 Å². The van der Waals surface area contributed by atoms with Crippen LogP contribution in [0.15, 0.2) is 30.3 Å². The van der Waals surface area contributed by atoms with Crippen molar-refractivity contribution in [2.75, 3.05) is 0 Å². The number of aryl methyl sites for hydroxylation is 2. The third kappa shape index (κ3) is 2.41. The molecule has 1 heterocycles. The van der Waals surface area contributed by atoms with Crippen molar-refractivity contribution >= 4 is 0 Å². The predicted molar refractivity (Wildman–Crippen MR) is 72.1 cm³/mol. The van der Waals surface area contributed by atoms with Gasteiger partial charge in [0.05, 0.1) is 11.2 Å². The van der Waals surface area contributed by atoms with E-state index in [1.807, 2.05) is 0 Å². The van der Waals surface area contributed by atoms with Crippen LogP contribution in [0.2, 0.25) is 0 Å². The fraction of sp³-hybridized carbons (Fsp3) is 0.400. The lowest BCUT2D eigenvalue weighted by Gasteiger charge is -2.21. The number of hydrogen-bond donors (Lipinski definition) is 0. The molecule has 1 aromatic carbocycles. The minimum Gasteiger partial charge on any atom is -0.264 e. The smallest absolute Gasteiger partial charge is 0.0926 e. The number of benzene rings is 1. The molecule has 0 amide bonds. The van der Waals surface area contributed by atoms with Gasteiger partial charge in [0.2, 0.25) is 0 Å². The molecule has 17 heavy (non-hydrogen) atoms. The fourth-order valence-electron chi connectivity index (χ4n) is 2.10. The third-order valence-corrected chi connectivity index (χ3v) is 2.84. The first-order valence-corrected chi connectivity index (χ1v) is 6.02. The molecule has 0 aliphatic rings. The van der Waals surface area contributed by atoms with E-state index in [0.29, 0.717) is 0 Å². The van der Waals surface area contributed by atoms with E-state index in [-0.39, 0.29) is 5.54 Å². The van der Waals surface area contributed by atoms with Crippen LogP contribution in [0.4, 0.5) is 0 Å². The number of rotatable bonds is 1. The van der Waals surface area contributed by atoms with E-state index < -0.39 is 0 Å². The second-order valence-corrected chi connectivity index (χ2v) is 5.62. The minimum atomic E-state index is 0.0339. The van der Waals surface area contributed by atoms with Crippen LogP contribution in [0.25, 0.3) is 11.3 Å². The highest BCUT2D eigenvalue weighted by molar-refractivity contribution is 5.60. The molecule has 0 fully saturated rings. The van der Waals surface area contributed by atoms with Gasteiger partial charge in [0.25, 0.3) is 0 Å². The van der Waals surface area contributed by atoms with Gasteiger partial charge >= 0.3 is 0 Å². The van der Waals surface area contributed by atoms with Crippen LogP contribution < -0.4 is 0 Å². The van der Waals surface area contributed by atoms with Crippen molar-refractivity contribution in [3.05, 3.63) is 41.6 Å². The first-order valence-electron chi connectivity index (χ1n) is 6.02. The maximum absolute atomic E-state index is 4.71. The lowest BCUT2D eigenvalue weighted by atomic mass is 10.1. The molecule has 0 aliphatic carbocycles. The number of nitrogens with zero attached hydrogens (tertiary/aromatic N) is 2. The Labute approximate surface area is 103 Å².